The number of alkyl halides is 6. The lowest BCUT2D eigenvalue weighted by atomic mass is 10.2. The van der Waals surface area contributed by atoms with Crippen molar-refractivity contribution < 1.29 is 26.3 Å². The normalized spacial score (nSPS) is 12.9. The van der Waals surface area contributed by atoms with Gasteiger partial charge in [-0.15, -0.1) is 0 Å². The van der Waals surface area contributed by atoms with Crippen LogP contribution in [0.4, 0.5) is 32.0 Å². The van der Waals surface area contributed by atoms with Gasteiger partial charge in [-0.2, -0.15) is 26.3 Å². The van der Waals surface area contributed by atoms with Crippen molar-refractivity contribution >= 4 is 33.4 Å². The first-order chi connectivity index (χ1) is 7.50. The number of hydrogen-bond donors (Lipinski definition) is 1. The summed E-state index contributed by atoms with van der Waals surface area (Å²) in [7, 11) is 0. The van der Waals surface area contributed by atoms with Crippen LogP contribution >= 0.6 is 27.7 Å². The number of thioether (sulfide) groups is 1. The molecule has 1 aromatic carbocycles. The molecule has 0 saturated heterocycles. The Labute approximate surface area is 104 Å². The summed E-state index contributed by atoms with van der Waals surface area (Å²) in [6.07, 6.45) is -4.90. The molecule has 0 aliphatic rings. The summed E-state index contributed by atoms with van der Waals surface area (Å²) >= 11 is 1.87. The summed E-state index contributed by atoms with van der Waals surface area (Å²) in [5.41, 5.74) is -1.64. The molecule has 0 aromatic heterocycles. The zero-order valence-corrected chi connectivity index (χ0v) is 10.2. The number of nitrogen functional groups attached to an aromatic ring is 1. The molecule has 0 radical (unpaired) electrons. The number of benzene rings is 1. The van der Waals surface area contributed by atoms with Crippen LogP contribution in [-0.2, 0) is 6.18 Å². The van der Waals surface area contributed by atoms with Crippen molar-refractivity contribution in [3.63, 3.8) is 0 Å². The van der Waals surface area contributed by atoms with Crippen LogP contribution in [0.1, 0.15) is 5.56 Å². The Morgan fingerprint density at radius 3 is 2.00 bits per heavy atom. The largest absolute Gasteiger partial charge is 0.446 e. The van der Waals surface area contributed by atoms with Gasteiger partial charge in [0.2, 0.25) is 0 Å². The van der Waals surface area contributed by atoms with E-state index in [0.29, 0.717) is 6.07 Å². The molecule has 0 heterocycles. The third-order valence-electron chi connectivity index (χ3n) is 1.61. The summed E-state index contributed by atoms with van der Waals surface area (Å²) < 4.78 is 73.9. The van der Waals surface area contributed by atoms with Crippen molar-refractivity contribution in [3.8, 4) is 0 Å². The molecule has 0 fully saturated rings. The monoisotopic (exact) mass is 339 g/mol. The molecule has 96 valence electrons. The Kier molecular flexibility index (Phi) is 3.92. The fourth-order valence-corrected chi connectivity index (χ4v) is 2.22. The van der Waals surface area contributed by atoms with Crippen molar-refractivity contribution in [1.82, 2.24) is 0 Å². The van der Waals surface area contributed by atoms with Gasteiger partial charge in [0, 0.05) is 10.2 Å². The molecule has 0 bridgehead atoms. The smallest absolute Gasteiger partial charge is 0.398 e. The first kappa shape index (κ1) is 14.5. The summed E-state index contributed by atoms with van der Waals surface area (Å²) in [4.78, 5) is -1.03. The Hall–Kier alpha value is -0.570. The first-order valence-corrected chi connectivity index (χ1v) is 5.53. The minimum absolute atomic E-state index is 0.0335. The number of nitrogens with two attached hydrogens (primary N) is 1. The number of anilines is 1. The third-order valence-corrected chi connectivity index (χ3v) is 2.95. The zero-order valence-electron chi connectivity index (χ0n) is 7.79. The van der Waals surface area contributed by atoms with E-state index in [1.54, 1.807) is 0 Å². The standard InChI is InChI=1S/C8H4BrF6NS/c9-3-1-4(7(10,11)12)6(5(16)2-3)17-8(13,14)15/h1-2H,16H2. The van der Waals surface area contributed by atoms with Crippen molar-refractivity contribution in [1.29, 1.82) is 0 Å². The van der Waals surface area contributed by atoms with Crippen LogP contribution in [0.25, 0.3) is 0 Å². The Balaban J connectivity index is 3.36. The van der Waals surface area contributed by atoms with Crippen LogP contribution in [0, 0.1) is 0 Å². The van der Waals surface area contributed by atoms with Gasteiger partial charge in [-0.3, -0.25) is 0 Å². The van der Waals surface area contributed by atoms with Crippen molar-refractivity contribution in [3.05, 3.63) is 22.2 Å². The van der Waals surface area contributed by atoms with E-state index < -0.39 is 39.6 Å². The van der Waals surface area contributed by atoms with Crippen LogP contribution in [0.3, 0.4) is 0 Å². The van der Waals surface area contributed by atoms with E-state index in [0.717, 1.165) is 6.07 Å². The van der Waals surface area contributed by atoms with Gasteiger partial charge < -0.3 is 5.73 Å². The summed E-state index contributed by atoms with van der Waals surface area (Å²) in [6, 6.07) is 1.55. The van der Waals surface area contributed by atoms with Crippen LogP contribution in [0.15, 0.2) is 21.5 Å². The van der Waals surface area contributed by atoms with E-state index in [2.05, 4.69) is 15.9 Å². The van der Waals surface area contributed by atoms with E-state index in [1.807, 2.05) is 0 Å². The highest BCUT2D eigenvalue weighted by atomic mass is 79.9. The minimum Gasteiger partial charge on any atom is -0.398 e. The second-order valence-electron chi connectivity index (χ2n) is 2.92. The SMILES string of the molecule is Nc1cc(Br)cc(C(F)(F)F)c1SC(F)(F)F. The van der Waals surface area contributed by atoms with Gasteiger partial charge in [0.15, 0.2) is 0 Å². The topological polar surface area (TPSA) is 26.0 Å². The Morgan fingerprint density at radius 2 is 1.59 bits per heavy atom. The highest BCUT2D eigenvalue weighted by Crippen LogP contribution is 2.47. The van der Waals surface area contributed by atoms with Crippen molar-refractivity contribution in [2.75, 3.05) is 5.73 Å². The van der Waals surface area contributed by atoms with Crippen LogP contribution in [0.2, 0.25) is 0 Å². The molecule has 0 amide bonds. The van der Waals surface area contributed by atoms with Gasteiger partial charge >= 0.3 is 11.7 Å². The van der Waals surface area contributed by atoms with Gasteiger partial charge in [0.1, 0.15) is 0 Å². The van der Waals surface area contributed by atoms with Crippen LogP contribution in [0.5, 0.6) is 0 Å². The molecular formula is C8H4BrF6NS. The Bertz CT molecular complexity index is 427. The minimum atomic E-state index is -4.90. The fourth-order valence-electron chi connectivity index (χ4n) is 1.05. The molecule has 17 heavy (non-hydrogen) atoms. The summed E-state index contributed by atoms with van der Waals surface area (Å²) in [6.45, 7) is 0. The summed E-state index contributed by atoms with van der Waals surface area (Å²) in [5.74, 6) is 0. The molecule has 0 saturated carbocycles. The van der Waals surface area contributed by atoms with Crippen LogP contribution < -0.4 is 5.73 Å². The van der Waals surface area contributed by atoms with E-state index in [9.17, 15) is 26.3 Å². The highest BCUT2D eigenvalue weighted by Gasteiger charge is 2.39. The van der Waals surface area contributed by atoms with Gasteiger partial charge in [0.05, 0.1) is 10.5 Å². The van der Waals surface area contributed by atoms with Gasteiger partial charge in [-0.1, -0.05) is 15.9 Å². The third kappa shape index (κ3) is 3.98. The van der Waals surface area contributed by atoms with Crippen molar-refractivity contribution in [2.45, 2.75) is 16.6 Å². The quantitative estimate of drug-likeness (QED) is 0.457. The second-order valence-corrected chi connectivity index (χ2v) is 4.91. The van der Waals surface area contributed by atoms with Gasteiger partial charge in [-0.25, -0.2) is 0 Å². The first-order valence-electron chi connectivity index (χ1n) is 3.92. The average molecular weight is 340 g/mol. The molecule has 1 aromatic rings. The molecule has 0 aliphatic heterocycles. The summed E-state index contributed by atoms with van der Waals surface area (Å²) in [5, 5.41) is 0. The maximum absolute atomic E-state index is 12.5. The number of halogens is 7. The van der Waals surface area contributed by atoms with Crippen LogP contribution in [-0.4, -0.2) is 5.51 Å². The molecule has 0 aliphatic carbocycles. The molecule has 2 N–H and O–H groups in total. The van der Waals surface area contributed by atoms with Gasteiger partial charge in [-0.05, 0) is 23.9 Å². The predicted molar refractivity (Wildman–Crippen MR) is 55.5 cm³/mol. The Morgan fingerprint density at radius 1 is 1.06 bits per heavy atom. The second kappa shape index (κ2) is 4.60. The molecule has 1 rings (SSSR count). The van der Waals surface area contributed by atoms with E-state index in [-0.39, 0.29) is 4.47 Å². The molecule has 0 unspecified atom stereocenters. The number of hydrogen-bond acceptors (Lipinski definition) is 2. The van der Waals surface area contributed by atoms with E-state index >= 15 is 0 Å². The zero-order chi connectivity index (χ0) is 13.4. The number of rotatable bonds is 1. The highest BCUT2D eigenvalue weighted by molar-refractivity contribution is 9.10. The lowest BCUT2D eigenvalue weighted by Gasteiger charge is -2.16. The predicted octanol–water partition coefficient (Wildman–Crippen LogP) is 4.66. The van der Waals surface area contributed by atoms with E-state index in [1.165, 1.54) is 0 Å². The molecule has 0 spiro atoms. The maximum atomic E-state index is 12.5. The van der Waals surface area contributed by atoms with Gasteiger partial charge in [0.25, 0.3) is 0 Å². The average Bonchev–Trinajstić information content (AvgIpc) is 2.05. The molecule has 9 heteroatoms. The molecular weight excluding hydrogens is 336 g/mol. The lowest BCUT2D eigenvalue weighted by molar-refractivity contribution is -0.139. The molecule has 0 atom stereocenters. The maximum Gasteiger partial charge on any atom is 0.446 e. The fraction of sp³-hybridized carbons (Fsp3) is 0.250. The van der Waals surface area contributed by atoms with E-state index in [4.69, 9.17) is 5.73 Å². The molecule has 1 nitrogen and oxygen atoms in total. The lowest BCUT2D eigenvalue weighted by Crippen LogP contribution is -2.11. The van der Waals surface area contributed by atoms with Crippen molar-refractivity contribution in [2.24, 2.45) is 0 Å².